The Morgan fingerprint density at radius 1 is 1.26 bits per heavy atom. The molecule has 2 aromatic rings. The molecule has 0 aliphatic heterocycles. The summed E-state index contributed by atoms with van der Waals surface area (Å²) < 4.78 is 1.91. The third kappa shape index (κ3) is 4.98. The van der Waals surface area contributed by atoms with E-state index in [1.54, 1.807) is 18.2 Å². The summed E-state index contributed by atoms with van der Waals surface area (Å²) in [6.07, 6.45) is 0.864. The van der Waals surface area contributed by atoms with E-state index in [4.69, 9.17) is 47.0 Å². The van der Waals surface area contributed by atoms with E-state index in [0.29, 0.717) is 27.4 Å². The van der Waals surface area contributed by atoms with Gasteiger partial charge >= 0.3 is 0 Å². The average molecular weight is 392 g/mol. The van der Waals surface area contributed by atoms with E-state index in [9.17, 15) is 0 Å². The number of aromatic nitrogens is 2. The quantitative estimate of drug-likeness (QED) is 0.565. The lowest BCUT2D eigenvalue weighted by Gasteiger charge is -2.12. The zero-order valence-corrected chi connectivity index (χ0v) is 15.9. The summed E-state index contributed by atoms with van der Waals surface area (Å²) in [5, 5.41) is 13.0. The molecule has 1 aromatic carbocycles. The molecule has 2 rings (SSSR count). The largest absolute Gasteiger partial charge is 0.362 e. The first-order chi connectivity index (χ1) is 10.9. The van der Waals surface area contributed by atoms with Gasteiger partial charge in [-0.15, -0.1) is 0 Å². The van der Waals surface area contributed by atoms with Crippen molar-refractivity contribution in [2.75, 3.05) is 11.9 Å². The van der Waals surface area contributed by atoms with Crippen LogP contribution in [0.3, 0.4) is 0 Å². The molecule has 0 radical (unpaired) electrons. The van der Waals surface area contributed by atoms with Gasteiger partial charge in [0, 0.05) is 18.1 Å². The molecule has 0 amide bonds. The van der Waals surface area contributed by atoms with Crippen LogP contribution in [0.15, 0.2) is 18.2 Å². The summed E-state index contributed by atoms with van der Waals surface area (Å²) in [4.78, 5) is 0. The van der Waals surface area contributed by atoms with Crippen LogP contribution in [0, 0.1) is 13.8 Å². The van der Waals surface area contributed by atoms with Crippen LogP contribution in [-0.2, 0) is 6.54 Å². The van der Waals surface area contributed by atoms with Crippen LogP contribution in [0.1, 0.15) is 17.8 Å². The third-order valence-electron chi connectivity index (χ3n) is 3.30. The second-order valence-corrected chi connectivity index (χ2v) is 6.70. The maximum atomic E-state index is 6.13. The number of hydrogen-bond acceptors (Lipinski definition) is 2. The molecule has 0 aliphatic carbocycles. The number of anilines is 1. The molecule has 0 unspecified atom stereocenters. The van der Waals surface area contributed by atoms with Crippen LogP contribution in [0.25, 0.3) is 0 Å². The molecule has 0 saturated heterocycles. The molecule has 1 heterocycles. The van der Waals surface area contributed by atoms with Gasteiger partial charge in [-0.05, 0) is 50.7 Å². The first kappa shape index (κ1) is 18.3. The number of aryl methyl sites for hydroxylation is 2. The van der Waals surface area contributed by atoms with Crippen LogP contribution in [-0.4, -0.2) is 21.4 Å². The lowest BCUT2D eigenvalue weighted by molar-refractivity contribution is 0.558. The Morgan fingerprint density at radius 3 is 2.65 bits per heavy atom. The van der Waals surface area contributed by atoms with Crippen molar-refractivity contribution < 1.29 is 0 Å². The number of hydrogen-bond donors (Lipinski definition) is 2. The Kier molecular flexibility index (Phi) is 6.53. The molecule has 0 fully saturated rings. The van der Waals surface area contributed by atoms with Gasteiger partial charge in [-0.3, -0.25) is 4.68 Å². The highest BCUT2D eigenvalue weighted by molar-refractivity contribution is 7.80. The molecule has 0 bridgehead atoms. The SMILES string of the molecule is Cc1nn(CCCNC(=S)Nc2cc(Cl)ccc2Cl)c(C)c1Cl. The summed E-state index contributed by atoms with van der Waals surface area (Å²) >= 11 is 23.4. The van der Waals surface area contributed by atoms with E-state index >= 15 is 0 Å². The first-order valence-electron chi connectivity index (χ1n) is 7.08. The van der Waals surface area contributed by atoms with E-state index in [-0.39, 0.29) is 0 Å². The van der Waals surface area contributed by atoms with Crippen molar-refractivity contribution in [3.05, 3.63) is 44.7 Å². The fourth-order valence-corrected chi connectivity index (χ4v) is 2.77. The van der Waals surface area contributed by atoms with E-state index < -0.39 is 0 Å². The maximum absolute atomic E-state index is 6.13. The molecule has 0 aliphatic rings. The molecular formula is C15H17Cl3N4S. The van der Waals surface area contributed by atoms with Crippen LogP contribution < -0.4 is 10.6 Å². The highest BCUT2D eigenvalue weighted by Gasteiger charge is 2.08. The van der Waals surface area contributed by atoms with Crippen molar-refractivity contribution in [2.45, 2.75) is 26.8 Å². The van der Waals surface area contributed by atoms with Crippen LogP contribution >= 0.6 is 47.0 Å². The van der Waals surface area contributed by atoms with Gasteiger partial charge in [-0.1, -0.05) is 34.8 Å². The molecule has 0 spiro atoms. The first-order valence-corrected chi connectivity index (χ1v) is 8.62. The number of benzene rings is 1. The Hall–Kier alpha value is -1.01. The van der Waals surface area contributed by atoms with Crippen molar-refractivity contribution in [2.24, 2.45) is 0 Å². The monoisotopic (exact) mass is 390 g/mol. The predicted octanol–water partition coefficient (Wildman–Crippen LogP) is 4.84. The lowest BCUT2D eigenvalue weighted by Crippen LogP contribution is -2.30. The summed E-state index contributed by atoms with van der Waals surface area (Å²) in [6, 6.07) is 5.18. The molecule has 124 valence electrons. The second kappa shape index (κ2) is 8.20. The van der Waals surface area contributed by atoms with Gasteiger partial charge in [0.05, 0.1) is 27.1 Å². The number of nitrogens with zero attached hydrogens (tertiary/aromatic N) is 2. The van der Waals surface area contributed by atoms with Crippen molar-refractivity contribution >= 4 is 57.8 Å². The van der Waals surface area contributed by atoms with Gasteiger partial charge in [0.2, 0.25) is 0 Å². The number of nitrogens with one attached hydrogen (secondary N) is 2. The van der Waals surface area contributed by atoms with Gasteiger partial charge < -0.3 is 10.6 Å². The Bertz CT molecular complexity index is 715. The van der Waals surface area contributed by atoms with E-state index in [1.807, 2.05) is 18.5 Å². The van der Waals surface area contributed by atoms with Gasteiger partial charge in [-0.2, -0.15) is 5.10 Å². The molecule has 1 aromatic heterocycles. The van der Waals surface area contributed by atoms with Gasteiger partial charge in [-0.25, -0.2) is 0 Å². The zero-order chi connectivity index (χ0) is 17.0. The zero-order valence-electron chi connectivity index (χ0n) is 12.8. The van der Waals surface area contributed by atoms with Gasteiger partial charge in [0.15, 0.2) is 5.11 Å². The topological polar surface area (TPSA) is 41.9 Å². The molecule has 0 atom stereocenters. The minimum absolute atomic E-state index is 0.501. The molecular weight excluding hydrogens is 375 g/mol. The fraction of sp³-hybridized carbons (Fsp3) is 0.333. The molecule has 8 heteroatoms. The average Bonchev–Trinajstić information content (AvgIpc) is 2.75. The van der Waals surface area contributed by atoms with Gasteiger partial charge in [0.1, 0.15) is 0 Å². The summed E-state index contributed by atoms with van der Waals surface area (Å²) in [5.41, 5.74) is 2.52. The smallest absolute Gasteiger partial charge is 0.170 e. The van der Waals surface area contributed by atoms with E-state index in [0.717, 1.165) is 29.4 Å². The summed E-state index contributed by atoms with van der Waals surface area (Å²) in [7, 11) is 0. The van der Waals surface area contributed by atoms with Crippen LogP contribution in [0.4, 0.5) is 5.69 Å². The minimum Gasteiger partial charge on any atom is -0.362 e. The van der Waals surface area contributed by atoms with Crippen molar-refractivity contribution in [3.63, 3.8) is 0 Å². The highest BCUT2D eigenvalue weighted by Crippen LogP contribution is 2.25. The minimum atomic E-state index is 0.501. The van der Waals surface area contributed by atoms with E-state index in [2.05, 4.69) is 15.7 Å². The predicted molar refractivity (Wildman–Crippen MR) is 102 cm³/mol. The lowest BCUT2D eigenvalue weighted by atomic mass is 10.3. The Labute approximate surface area is 156 Å². The fourth-order valence-electron chi connectivity index (χ4n) is 2.08. The van der Waals surface area contributed by atoms with Crippen molar-refractivity contribution in [1.82, 2.24) is 15.1 Å². The molecule has 2 N–H and O–H groups in total. The number of halogens is 3. The molecule has 23 heavy (non-hydrogen) atoms. The third-order valence-corrected chi connectivity index (χ3v) is 4.66. The molecule has 4 nitrogen and oxygen atoms in total. The van der Waals surface area contributed by atoms with Crippen LogP contribution in [0.5, 0.6) is 0 Å². The Morgan fingerprint density at radius 2 is 2.00 bits per heavy atom. The molecule has 0 saturated carbocycles. The second-order valence-electron chi connectivity index (χ2n) is 5.07. The number of thiocarbonyl (C=S) groups is 1. The summed E-state index contributed by atoms with van der Waals surface area (Å²) in [5.74, 6) is 0. The normalized spacial score (nSPS) is 10.7. The maximum Gasteiger partial charge on any atom is 0.170 e. The van der Waals surface area contributed by atoms with Crippen molar-refractivity contribution in [3.8, 4) is 0 Å². The standard InChI is InChI=1S/C15H17Cl3N4S/c1-9-14(18)10(2)22(21-9)7-3-6-19-15(23)20-13-8-11(16)4-5-12(13)17/h4-5,8H,3,6-7H2,1-2H3,(H2,19,20,23). The summed E-state index contributed by atoms with van der Waals surface area (Å²) in [6.45, 7) is 5.34. The number of rotatable bonds is 5. The highest BCUT2D eigenvalue weighted by atomic mass is 35.5. The Balaban J connectivity index is 1.79. The van der Waals surface area contributed by atoms with Crippen LogP contribution in [0.2, 0.25) is 15.1 Å². The van der Waals surface area contributed by atoms with Gasteiger partial charge in [0.25, 0.3) is 0 Å². The van der Waals surface area contributed by atoms with E-state index in [1.165, 1.54) is 0 Å². The van der Waals surface area contributed by atoms with Crippen molar-refractivity contribution in [1.29, 1.82) is 0 Å².